The summed E-state index contributed by atoms with van der Waals surface area (Å²) in [5.74, 6) is 0.0438. The molecule has 1 aromatic heterocycles. The number of hydrogen-bond donors (Lipinski definition) is 2. The van der Waals surface area contributed by atoms with Gasteiger partial charge in [-0.15, -0.1) is 12.4 Å². The van der Waals surface area contributed by atoms with Gasteiger partial charge in [0.1, 0.15) is 0 Å². The molecular weight excluding hydrogens is 288 g/mol. The van der Waals surface area contributed by atoms with Crippen LogP contribution in [0.3, 0.4) is 0 Å². The van der Waals surface area contributed by atoms with Crippen molar-refractivity contribution in [2.24, 2.45) is 0 Å². The van der Waals surface area contributed by atoms with Crippen molar-refractivity contribution in [1.82, 2.24) is 15.1 Å². The van der Waals surface area contributed by atoms with E-state index < -0.39 is 0 Å². The van der Waals surface area contributed by atoms with Crippen molar-refractivity contribution in [2.75, 3.05) is 11.9 Å². The van der Waals surface area contributed by atoms with Crippen LogP contribution in [0.15, 0.2) is 42.7 Å². The molecule has 1 amide bonds. The molecule has 5 nitrogen and oxygen atoms in total. The highest BCUT2D eigenvalue weighted by molar-refractivity contribution is 5.95. The Bertz CT molecular complexity index is 579. The van der Waals surface area contributed by atoms with E-state index in [2.05, 4.69) is 15.7 Å². The highest BCUT2D eigenvalue weighted by Gasteiger charge is 2.20. The molecule has 1 fully saturated rings. The molecule has 1 aromatic carbocycles. The minimum absolute atomic E-state index is 0. The van der Waals surface area contributed by atoms with Crippen LogP contribution in [0.4, 0.5) is 5.69 Å². The van der Waals surface area contributed by atoms with Gasteiger partial charge < -0.3 is 10.6 Å². The van der Waals surface area contributed by atoms with E-state index in [0.717, 1.165) is 37.2 Å². The van der Waals surface area contributed by atoms with E-state index in [1.165, 1.54) is 0 Å². The number of rotatable bonds is 3. The number of halogens is 1. The van der Waals surface area contributed by atoms with Gasteiger partial charge in [-0.05, 0) is 43.7 Å². The van der Waals surface area contributed by atoms with Gasteiger partial charge in [0, 0.05) is 18.1 Å². The highest BCUT2D eigenvalue weighted by atomic mass is 35.5. The van der Waals surface area contributed by atoms with Gasteiger partial charge in [0.25, 0.3) is 0 Å². The molecule has 2 aromatic rings. The first kappa shape index (κ1) is 15.5. The molecule has 21 heavy (non-hydrogen) atoms. The first-order valence-electron chi connectivity index (χ1n) is 6.97. The molecule has 1 atom stereocenters. The van der Waals surface area contributed by atoms with E-state index >= 15 is 0 Å². The fraction of sp³-hybridized carbons (Fsp3) is 0.333. The Labute approximate surface area is 130 Å². The van der Waals surface area contributed by atoms with E-state index in [-0.39, 0.29) is 24.4 Å². The Morgan fingerprint density at radius 3 is 2.95 bits per heavy atom. The molecule has 0 unspecified atom stereocenters. The highest BCUT2D eigenvalue weighted by Crippen LogP contribution is 2.15. The summed E-state index contributed by atoms with van der Waals surface area (Å²) in [4.78, 5) is 12.2. The Hall–Kier alpha value is -1.85. The largest absolute Gasteiger partial charge is 0.325 e. The molecule has 3 rings (SSSR count). The van der Waals surface area contributed by atoms with Crippen molar-refractivity contribution in [2.45, 2.75) is 25.3 Å². The number of carbonyl (C=O) groups is 1. The molecule has 2 N–H and O–H groups in total. The zero-order valence-corrected chi connectivity index (χ0v) is 12.5. The van der Waals surface area contributed by atoms with Crippen LogP contribution in [0.5, 0.6) is 0 Å². The maximum Gasteiger partial charge on any atom is 0.241 e. The Morgan fingerprint density at radius 1 is 1.33 bits per heavy atom. The predicted molar refractivity (Wildman–Crippen MR) is 85.1 cm³/mol. The van der Waals surface area contributed by atoms with E-state index in [9.17, 15) is 4.79 Å². The minimum atomic E-state index is -0.0721. The monoisotopic (exact) mass is 306 g/mol. The van der Waals surface area contributed by atoms with E-state index in [4.69, 9.17) is 0 Å². The zero-order valence-electron chi connectivity index (χ0n) is 11.7. The van der Waals surface area contributed by atoms with Crippen LogP contribution in [0.25, 0.3) is 5.69 Å². The van der Waals surface area contributed by atoms with Crippen LogP contribution in [-0.4, -0.2) is 28.3 Å². The number of hydrogen-bond acceptors (Lipinski definition) is 3. The molecule has 0 aliphatic carbocycles. The molecule has 1 aliphatic heterocycles. The number of benzene rings is 1. The molecule has 1 saturated heterocycles. The molecular formula is C15H19ClN4O. The maximum absolute atomic E-state index is 12.2. The van der Waals surface area contributed by atoms with Gasteiger partial charge in [-0.25, -0.2) is 4.68 Å². The summed E-state index contributed by atoms with van der Waals surface area (Å²) >= 11 is 0. The van der Waals surface area contributed by atoms with Crippen LogP contribution < -0.4 is 10.6 Å². The van der Waals surface area contributed by atoms with Gasteiger partial charge in [-0.3, -0.25) is 4.79 Å². The lowest BCUT2D eigenvalue weighted by Crippen LogP contribution is -2.43. The molecule has 1 aliphatic rings. The van der Waals surface area contributed by atoms with Crippen molar-refractivity contribution in [1.29, 1.82) is 0 Å². The van der Waals surface area contributed by atoms with Gasteiger partial charge in [0.05, 0.1) is 11.7 Å². The smallest absolute Gasteiger partial charge is 0.241 e. The maximum atomic E-state index is 12.2. The third-order valence-electron chi connectivity index (χ3n) is 3.51. The standard InChI is InChI=1S/C15H18N4O.ClH/c20-15(14-7-1-2-8-16-14)18-12-5-3-6-13(11-12)19-10-4-9-17-19;/h3-6,9-11,14,16H,1-2,7-8H2,(H,18,20);1H/t14-;/m1./s1. The third-order valence-corrected chi connectivity index (χ3v) is 3.51. The Balaban J connectivity index is 0.00000161. The fourth-order valence-corrected chi connectivity index (χ4v) is 2.45. The second-order valence-corrected chi connectivity index (χ2v) is 4.99. The molecule has 0 saturated carbocycles. The first-order chi connectivity index (χ1) is 9.83. The summed E-state index contributed by atoms with van der Waals surface area (Å²) in [5.41, 5.74) is 1.74. The van der Waals surface area contributed by atoms with Crippen molar-refractivity contribution in [3.8, 4) is 5.69 Å². The van der Waals surface area contributed by atoms with E-state index in [1.54, 1.807) is 10.9 Å². The van der Waals surface area contributed by atoms with Crippen molar-refractivity contribution >= 4 is 24.0 Å². The normalized spacial score (nSPS) is 17.8. The fourth-order valence-electron chi connectivity index (χ4n) is 2.45. The van der Waals surface area contributed by atoms with Gasteiger partial charge in [0.15, 0.2) is 0 Å². The number of carbonyl (C=O) groups excluding carboxylic acids is 1. The number of amides is 1. The molecule has 2 heterocycles. The third kappa shape index (κ3) is 3.83. The summed E-state index contributed by atoms with van der Waals surface area (Å²) < 4.78 is 1.77. The number of anilines is 1. The Morgan fingerprint density at radius 2 is 2.24 bits per heavy atom. The van der Waals surface area contributed by atoms with Crippen molar-refractivity contribution < 1.29 is 4.79 Å². The summed E-state index contributed by atoms with van der Waals surface area (Å²) in [7, 11) is 0. The zero-order chi connectivity index (χ0) is 13.8. The summed E-state index contributed by atoms with van der Waals surface area (Å²) in [5, 5.41) is 10.4. The van der Waals surface area contributed by atoms with Gasteiger partial charge >= 0.3 is 0 Å². The average Bonchev–Trinajstić information content (AvgIpc) is 3.03. The molecule has 6 heteroatoms. The summed E-state index contributed by atoms with van der Waals surface area (Å²) in [6.45, 7) is 0.922. The average molecular weight is 307 g/mol. The van der Waals surface area contributed by atoms with E-state index in [0.29, 0.717) is 0 Å². The first-order valence-corrected chi connectivity index (χ1v) is 6.97. The number of piperidine rings is 1. The molecule has 0 spiro atoms. The van der Waals surface area contributed by atoms with Gasteiger partial charge in [-0.1, -0.05) is 12.5 Å². The quantitative estimate of drug-likeness (QED) is 0.915. The molecule has 112 valence electrons. The van der Waals surface area contributed by atoms with Crippen LogP contribution >= 0.6 is 12.4 Å². The van der Waals surface area contributed by atoms with Crippen molar-refractivity contribution in [3.05, 3.63) is 42.7 Å². The number of aromatic nitrogens is 2. The second-order valence-electron chi connectivity index (χ2n) is 4.99. The van der Waals surface area contributed by atoms with Gasteiger partial charge in [0.2, 0.25) is 5.91 Å². The molecule has 0 bridgehead atoms. The van der Waals surface area contributed by atoms with E-state index in [1.807, 2.05) is 36.5 Å². The lowest BCUT2D eigenvalue weighted by Gasteiger charge is -2.22. The van der Waals surface area contributed by atoms with Crippen LogP contribution in [0.1, 0.15) is 19.3 Å². The number of nitrogens with one attached hydrogen (secondary N) is 2. The van der Waals surface area contributed by atoms with Gasteiger partial charge in [-0.2, -0.15) is 5.10 Å². The topological polar surface area (TPSA) is 59.0 Å². The minimum Gasteiger partial charge on any atom is -0.325 e. The van der Waals surface area contributed by atoms with Crippen LogP contribution in [0.2, 0.25) is 0 Å². The Kier molecular flexibility index (Phi) is 5.36. The molecule has 0 radical (unpaired) electrons. The summed E-state index contributed by atoms with van der Waals surface area (Å²) in [6.07, 6.45) is 6.78. The SMILES string of the molecule is Cl.O=C(Nc1cccc(-n2cccn2)c1)[C@H]1CCCCN1. The van der Waals surface area contributed by atoms with Crippen molar-refractivity contribution in [3.63, 3.8) is 0 Å². The van der Waals surface area contributed by atoms with Crippen LogP contribution in [-0.2, 0) is 4.79 Å². The predicted octanol–water partition coefficient (Wildman–Crippen LogP) is 2.37. The van der Waals surface area contributed by atoms with Crippen LogP contribution in [0, 0.1) is 0 Å². The second kappa shape index (κ2) is 7.24. The summed E-state index contributed by atoms with van der Waals surface area (Å²) in [6, 6.07) is 9.50. The number of nitrogens with zero attached hydrogens (tertiary/aromatic N) is 2. The lowest BCUT2D eigenvalue weighted by molar-refractivity contribution is -0.118. The lowest BCUT2D eigenvalue weighted by atomic mass is 10.0.